The number of nitrogens with zero attached hydrogens (tertiary/aromatic N) is 4. The summed E-state index contributed by atoms with van der Waals surface area (Å²) in [4.78, 5) is 22.2. The second-order valence-electron chi connectivity index (χ2n) is 8.68. The number of rotatable bonds is 4. The van der Waals surface area contributed by atoms with Crippen LogP contribution in [0, 0.1) is 12.8 Å². The molecule has 31 heavy (non-hydrogen) atoms. The first-order chi connectivity index (χ1) is 15.2. The van der Waals surface area contributed by atoms with Gasteiger partial charge in [0.1, 0.15) is 0 Å². The van der Waals surface area contributed by atoms with Crippen molar-refractivity contribution in [2.75, 3.05) is 19.6 Å². The predicted molar refractivity (Wildman–Crippen MR) is 118 cm³/mol. The van der Waals surface area contributed by atoms with Crippen LogP contribution in [-0.2, 0) is 24.3 Å². The molecule has 0 saturated carbocycles. The topological polar surface area (TPSA) is 62.5 Å². The number of likely N-dealkylation sites (tertiary alicyclic amines) is 1. The maximum absolute atomic E-state index is 13.2. The summed E-state index contributed by atoms with van der Waals surface area (Å²) >= 11 is 0. The fourth-order valence-corrected chi connectivity index (χ4v) is 4.79. The van der Waals surface area contributed by atoms with E-state index in [1.165, 1.54) is 11.1 Å². The van der Waals surface area contributed by atoms with Gasteiger partial charge in [0, 0.05) is 25.2 Å². The van der Waals surface area contributed by atoms with E-state index in [0.717, 1.165) is 56.6 Å². The molecule has 6 nitrogen and oxygen atoms in total. The van der Waals surface area contributed by atoms with Gasteiger partial charge in [-0.3, -0.25) is 9.69 Å². The van der Waals surface area contributed by atoms with Gasteiger partial charge in [-0.15, -0.1) is 0 Å². The highest BCUT2D eigenvalue weighted by molar-refractivity contribution is 5.79. The van der Waals surface area contributed by atoms with E-state index in [2.05, 4.69) is 39.3 Å². The number of hydrogen-bond acceptors (Lipinski definition) is 5. The smallest absolute Gasteiger partial charge is 0.241 e. The van der Waals surface area contributed by atoms with Crippen LogP contribution < -0.4 is 0 Å². The van der Waals surface area contributed by atoms with Gasteiger partial charge < -0.3 is 9.42 Å². The number of hydrogen-bond donors (Lipinski definition) is 0. The fourth-order valence-electron chi connectivity index (χ4n) is 4.79. The lowest BCUT2D eigenvalue weighted by Crippen LogP contribution is -2.46. The Labute approximate surface area is 182 Å². The van der Waals surface area contributed by atoms with Crippen LogP contribution in [0.2, 0.25) is 0 Å². The van der Waals surface area contributed by atoms with Crippen LogP contribution in [-0.4, -0.2) is 45.5 Å². The van der Waals surface area contributed by atoms with Crippen molar-refractivity contribution in [3.8, 4) is 11.4 Å². The standard InChI is InChI=1S/C25H28N4O2/c1-18-7-2-5-11-22(18)24-26-23(31-27-24)17-28-13-6-10-21(15-28)25(30)29-14-12-19-8-3-4-9-20(19)16-29/h2-5,7-9,11,21H,6,10,12-17H2,1H3. The van der Waals surface area contributed by atoms with Gasteiger partial charge >= 0.3 is 0 Å². The Bertz CT molecular complexity index is 1080. The van der Waals surface area contributed by atoms with Crippen LogP contribution in [0.5, 0.6) is 0 Å². The number of amides is 1. The lowest BCUT2D eigenvalue weighted by Gasteiger charge is -2.36. The molecular formula is C25H28N4O2. The van der Waals surface area contributed by atoms with Crippen molar-refractivity contribution in [1.29, 1.82) is 0 Å². The molecule has 1 unspecified atom stereocenters. The number of aromatic nitrogens is 2. The van der Waals surface area contributed by atoms with Crippen molar-refractivity contribution in [2.45, 2.75) is 39.3 Å². The van der Waals surface area contributed by atoms with Crippen molar-refractivity contribution in [1.82, 2.24) is 19.9 Å². The second kappa shape index (κ2) is 8.63. The molecule has 1 fully saturated rings. The molecule has 0 spiro atoms. The molecule has 1 aromatic heterocycles. The second-order valence-corrected chi connectivity index (χ2v) is 8.68. The van der Waals surface area contributed by atoms with Gasteiger partial charge in [0.05, 0.1) is 12.5 Å². The molecule has 6 heteroatoms. The van der Waals surface area contributed by atoms with Gasteiger partial charge in [-0.05, 0) is 49.4 Å². The lowest BCUT2D eigenvalue weighted by atomic mass is 9.94. The van der Waals surface area contributed by atoms with E-state index in [1.807, 2.05) is 36.1 Å². The molecule has 160 valence electrons. The van der Waals surface area contributed by atoms with E-state index in [-0.39, 0.29) is 11.8 Å². The summed E-state index contributed by atoms with van der Waals surface area (Å²) in [5, 5.41) is 4.17. The quantitative estimate of drug-likeness (QED) is 0.647. The molecule has 1 saturated heterocycles. The summed E-state index contributed by atoms with van der Waals surface area (Å²) in [5.74, 6) is 1.56. The molecule has 3 heterocycles. The molecule has 0 radical (unpaired) electrons. The molecule has 0 N–H and O–H groups in total. The Morgan fingerprint density at radius 3 is 2.77 bits per heavy atom. The van der Waals surface area contributed by atoms with Crippen molar-refractivity contribution in [2.24, 2.45) is 5.92 Å². The van der Waals surface area contributed by atoms with Crippen molar-refractivity contribution >= 4 is 5.91 Å². The monoisotopic (exact) mass is 416 g/mol. The Balaban J connectivity index is 1.22. The molecule has 3 aromatic rings. The van der Waals surface area contributed by atoms with E-state index in [4.69, 9.17) is 4.52 Å². The average molecular weight is 417 g/mol. The average Bonchev–Trinajstić information content (AvgIpc) is 3.27. The number of aryl methyl sites for hydroxylation is 1. The van der Waals surface area contributed by atoms with Crippen LogP contribution in [0.15, 0.2) is 53.1 Å². The maximum atomic E-state index is 13.2. The summed E-state index contributed by atoms with van der Waals surface area (Å²) in [6.07, 6.45) is 2.91. The largest absolute Gasteiger partial charge is 0.338 e. The predicted octanol–water partition coefficient (Wildman–Crippen LogP) is 3.84. The molecule has 0 bridgehead atoms. The number of piperidine rings is 1. The molecule has 1 amide bonds. The van der Waals surface area contributed by atoms with Gasteiger partial charge in [-0.1, -0.05) is 53.7 Å². The third kappa shape index (κ3) is 4.26. The SMILES string of the molecule is Cc1ccccc1-c1noc(CN2CCCC(C(=O)N3CCc4ccccc4C3)C2)n1. The minimum Gasteiger partial charge on any atom is -0.338 e. The van der Waals surface area contributed by atoms with Gasteiger partial charge in [-0.2, -0.15) is 4.98 Å². The Morgan fingerprint density at radius 2 is 1.90 bits per heavy atom. The van der Waals surface area contributed by atoms with Crippen molar-refractivity contribution < 1.29 is 9.32 Å². The number of carbonyl (C=O) groups is 1. The van der Waals surface area contributed by atoms with E-state index < -0.39 is 0 Å². The number of benzene rings is 2. The molecule has 0 aliphatic carbocycles. The first-order valence-corrected chi connectivity index (χ1v) is 11.1. The highest BCUT2D eigenvalue weighted by Gasteiger charge is 2.31. The van der Waals surface area contributed by atoms with Crippen LogP contribution in [0.25, 0.3) is 11.4 Å². The zero-order chi connectivity index (χ0) is 21.2. The van der Waals surface area contributed by atoms with Crippen LogP contribution >= 0.6 is 0 Å². The van der Waals surface area contributed by atoms with Crippen LogP contribution in [0.3, 0.4) is 0 Å². The zero-order valence-corrected chi connectivity index (χ0v) is 18.0. The third-order valence-corrected chi connectivity index (χ3v) is 6.51. The van der Waals surface area contributed by atoms with E-state index in [9.17, 15) is 4.79 Å². The molecule has 2 aliphatic rings. The first kappa shape index (κ1) is 19.9. The summed E-state index contributed by atoms with van der Waals surface area (Å²) in [6.45, 7) is 5.88. The minimum atomic E-state index is 0.0396. The Morgan fingerprint density at radius 1 is 1.10 bits per heavy atom. The Hall–Kier alpha value is -2.99. The van der Waals surface area contributed by atoms with E-state index in [1.54, 1.807) is 0 Å². The van der Waals surface area contributed by atoms with Gasteiger partial charge in [0.15, 0.2) is 0 Å². The van der Waals surface area contributed by atoms with E-state index in [0.29, 0.717) is 18.3 Å². The highest BCUT2D eigenvalue weighted by atomic mass is 16.5. The fraction of sp³-hybridized carbons (Fsp3) is 0.400. The first-order valence-electron chi connectivity index (χ1n) is 11.1. The minimum absolute atomic E-state index is 0.0396. The Kier molecular flexibility index (Phi) is 5.55. The number of carbonyl (C=O) groups excluding carboxylic acids is 1. The van der Waals surface area contributed by atoms with Crippen LogP contribution in [0.4, 0.5) is 0 Å². The lowest BCUT2D eigenvalue weighted by molar-refractivity contribution is -0.138. The maximum Gasteiger partial charge on any atom is 0.241 e. The van der Waals surface area contributed by atoms with Crippen molar-refractivity contribution in [3.63, 3.8) is 0 Å². The van der Waals surface area contributed by atoms with Gasteiger partial charge in [0.2, 0.25) is 17.6 Å². The molecular weight excluding hydrogens is 388 g/mol. The zero-order valence-electron chi connectivity index (χ0n) is 18.0. The summed E-state index contributed by atoms with van der Waals surface area (Å²) in [5.41, 5.74) is 4.78. The summed E-state index contributed by atoms with van der Waals surface area (Å²) < 4.78 is 5.53. The normalized spacial score (nSPS) is 19.3. The summed E-state index contributed by atoms with van der Waals surface area (Å²) in [6, 6.07) is 16.5. The van der Waals surface area contributed by atoms with E-state index >= 15 is 0 Å². The molecule has 5 rings (SSSR count). The summed E-state index contributed by atoms with van der Waals surface area (Å²) in [7, 11) is 0. The third-order valence-electron chi connectivity index (χ3n) is 6.51. The molecule has 2 aromatic carbocycles. The van der Waals surface area contributed by atoms with Crippen LogP contribution in [0.1, 0.15) is 35.4 Å². The highest BCUT2D eigenvalue weighted by Crippen LogP contribution is 2.25. The van der Waals surface area contributed by atoms with Gasteiger partial charge in [-0.25, -0.2) is 0 Å². The van der Waals surface area contributed by atoms with Gasteiger partial charge in [0.25, 0.3) is 0 Å². The van der Waals surface area contributed by atoms with Crippen molar-refractivity contribution in [3.05, 3.63) is 71.1 Å². The number of fused-ring (bicyclic) bond motifs is 1. The molecule has 1 atom stereocenters. The molecule has 2 aliphatic heterocycles.